The molecule has 0 amide bonds. The van der Waals surface area contributed by atoms with Crippen LogP contribution in [0.3, 0.4) is 0 Å². The number of rotatable bonds is 4. The van der Waals surface area contributed by atoms with Crippen LogP contribution < -0.4 is 10.9 Å². The smallest absolute Gasteiger partial charge is 0.257 e. The number of fused-ring (bicyclic) bond motifs is 1. The van der Waals surface area contributed by atoms with Crippen LogP contribution in [0.5, 0.6) is 5.75 Å². The topological polar surface area (TPSA) is 95.1 Å². The van der Waals surface area contributed by atoms with Crippen LogP contribution in [0.25, 0.3) is 0 Å². The Hall–Kier alpha value is -3.32. The molecule has 3 N–H and O–H groups in total. The van der Waals surface area contributed by atoms with Crippen molar-refractivity contribution in [1.29, 1.82) is 0 Å². The maximum absolute atomic E-state index is 13.4. The summed E-state index contributed by atoms with van der Waals surface area (Å²) in [5.41, 5.74) is 4.61. The van der Waals surface area contributed by atoms with E-state index in [-0.39, 0.29) is 22.5 Å². The fourth-order valence-electron chi connectivity index (χ4n) is 4.80. The van der Waals surface area contributed by atoms with Gasteiger partial charge < -0.3 is 15.4 Å². The first-order valence-electron chi connectivity index (χ1n) is 11.3. The van der Waals surface area contributed by atoms with Gasteiger partial charge >= 0.3 is 0 Å². The molecule has 174 valence electrons. The van der Waals surface area contributed by atoms with Crippen LogP contribution in [0.2, 0.25) is 0 Å². The molecule has 1 aromatic heterocycles. The van der Waals surface area contributed by atoms with Crippen molar-refractivity contribution in [2.24, 2.45) is 5.41 Å². The number of hydrogen-bond donors (Lipinski definition) is 3. The van der Waals surface area contributed by atoms with Gasteiger partial charge in [0.2, 0.25) is 0 Å². The minimum absolute atomic E-state index is 0.0414. The highest BCUT2D eigenvalue weighted by Gasteiger charge is 2.42. The Morgan fingerprint density at radius 1 is 1.06 bits per heavy atom. The SMILES string of the molecule is Cc1ccc(CSc2nc3c(c(=O)[nH]2)C(c2ccc(O)cc2)C2=C(CC(C)(C)CC2=O)N3)cc1. The molecule has 0 saturated heterocycles. The number of nitrogens with one attached hydrogen (secondary N) is 2. The summed E-state index contributed by atoms with van der Waals surface area (Å²) in [5.74, 6) is 0.834. The molecule has 7 heteroatoms. The molecule has 2 heterocycles. The van der Waals surface area contributed by atoms with Crippen molar-refractivity contribution in [3.8, 4) is 5.75 Å². The minimum atomic E-state index is -0.525. The Morgan fingerprint density at radius 2 is 1.76 bits per heavy atom. The number of aromatic hydroxyl groups is 1. The fraction of sp³-hybridized carbons (Fsp3) is 0.296. The summed E-state index contributed by atoms with van der Waals surface area (Å²) in [6.45, 7) is 6.21. The van der Waals surface area contributed by atoms with E-state index in [1.165, 1.54) is 17.3 Å². The number of thioether (sulfide) groups is 1. The molecular formula is C27H27N3O3S. The zero-order valence-corrected chi connectivity index (χ0v) is 20.3. The maximum atomic E-state index is 13.4. The minimum Gasteiger partial charge on any atom is -0.508 e. The number of benzene rings is 2. The Balaban J connectivity index is 1.57. The third-order valence-corrected chi connectivity index (χ3v) is 7.37. The molecular weight excluding hydrogens is 446 g/mol. The van der Waals surface area contributed by atoms with Crippen LogP contribution in [-0.2, 0) is 10.5 Å². The van der Waals surface area contributed by atoms with Gasteiger partial charge in [0.15, 0.2) is 10.9 Å². The van der Waals surface area contributed by atoms with Crippen LogP contribution in [0, 0.1) is 12.3 Å². The second-order valence-electron chi connectivity index (χ2n) is 9.89. The van der Waals surface area contributed by atoms with Crippen molar-refractivity contribution >= 4 is 23.4 Å². The number of Topliss-reactive ketones (excluding diaryl/α,β-unsaturated/α-hetero) is 1. The lowest BCUT2D eigenvalue weighted by Gasteiger charge is -2.38. The number of aryl methyl sites for hydroxylation is 1. The summed E-state index contributed by atoms with van der Waals surface area (Å²) in [6, 6.07) is 15.0. The molecule has 1 aliphatic heterocycles. The van der Waals surface area contributed by atoms with Gasteiger partial charge in [-0.2, -0.15) is 0 Å². The van der Waals surface area contributed by atoms with Gasteiger partial charge in [0, 0.05) is 29.4 Å². The predicted octanol–water partition coefficient (Wildman–Crippen LogP) is 5.28. The van der Waals surface area contributed by atoms with Crippen molar-refractivity contribution < 1.29 is 9.90 Å². The van der Waals surface area contributed by atoms with E-state index in [2.05, 4.69) is 55.3 Å². The molecule has 6 nitrogen and oxygen atoms in total. The van der Waals surface area contributed by atoms with E-state index in [1.54, 1.807) is 24.3 Å². The number of phenols is 1. The highest BCUT2D eigenvalue weighted by Crippen LogP contribution is 2.47. The van der Waals surface area contributed by atoms with Crippen molar-refractivity contribution in [3.05, 3.63) is 92.4 Å². The second kappa shape index (κ2) is 8.47. The molecule has 2 aromatic carbocycles. The second-order valence-corrected chi connectivity index (χ2v) is 10.9. The number of aromatic nitrogens is 2. The summed E-state index contributed by atoms with van der Waals surface area (Å²) < 4.78 is 0. The lowest BCUT2D eigenvalue weighted by atomic mass is 9.69. The van der Waals surface area contributed by atoms with Crippen LogP contribution in [-0.4, -0.2) is 20.9 Å². The third kappa shape index (κ3) is 4.28. The number of ketones is 1. The van der Waals surface area contributed by atoms with Gasteiger partial charge in [0.1, 0.15) is 11.6 Å². The quantitative estimate of drug-likeness (QED) is 0.353. The first kappa shape index (κ1) is 22.5. The predicted molar refractivity (Wildman–Crippen MR) is 134 cm³/mol. The van der Waals surface area contributed by atoms with E-state index < -0.39 is 5.92 Å². The molecule has 0 saturated carbocycles. The molecule has 1 unspecified atom stereocenters. The first-order chi connectivity index (χ1) is 16.2. The zero-order valence-electron chi connectivity index (χ0n) is 19.4. The summed E-state index contributed by atoms with van der Waals surface area (Å²) in [6.07, 6.45) is 1.12. The maximum Gasteiger partial charge on any atom is 0.257 e. The number of carbonyl (C=O) groups excluding carboxylic acids is 1. The van der Waals surface area contributed by atoms with E-state index in [9.17, 15) is 14.7 Å². The van der Waals surface area contributed by atoms with Crippen molar-refractivity contribution in [2.45, 2.75) is 50.4 Å². The summed E-state index contributed by atoms with van der Waals surface area (Å²) in [7, 11) is 0. The number of carbonyl (C=O) groups is 1. The van der Waals surface area contributed by atoms with Crippen molar-refractivity contribution in [1.82, 2.24) is 9.97 Å². The van der Waals surface area contributed by atoms with Crippen LogP contribution in [0.4, 0.5) is 5.82 Å². The van der Waals surface area contributed by atoms with Crippen LogP contribution >= 0.6 is 11.8 Å². The highest BCUT2D eigenvalue weighted by atomic mass is 32.2. The van der Waals surface area contributed by atoms with E-state index >= 15 is 0 Å². The van der Waals surface area contributed by atoms with E-state index in [0.29, 0.717) is 40.7 Å². The summed E-state index contributed by atoms with van der Waals surface area (Å²) in [4.78, 5) is 34.3. The average Bonchev–Trinajstić information content (AvgIpc) is 2.77. The number of hydrogen-bond acceptors (Lipinski definition) is 6. The molecule has 5 rings (SSSR count). The van der Waals surface area contributed by atoms with Gasteiger partial charge in [-0.3, -0.25) is 9.59 Å². The van der Waals surface area contributed by atoms with Crippen molar-refractivity contribution in [2.75, 3.05) is 5.32 Å². The number of aromatic amines is 1. The monoisotopic (exact) mass is 473 g/mol. The van der Waals surface area contributed by atoms with Crippen LogP contribution in [0.15, 0.2) is 69.8 Å². The van der Waals surface area contributed by atoms with E-state index in [0.717, 1.165) is 16.8 Å². The van der Waals surface area contributed by atoms with E-state index in [1.807, 2.05) is 0 Å². The summed E-state index contributed by atoms with van der Waals surface area (Å²) >= 11 is 1.47. The third-order valence-electron chi connectivity index (χ3n) is 6.42. The van der Waals surface area contributed by atoms with Gasteiger partial charge in [0.25, 0.3) is 5.56 Å². The lowest BCUT2D eigenvalue weighted by molar-refractivity contribution is -0.118. The molecule has 0 fully saturated rings. The molecule has 1 aliphatic carbocycles. The Bertz CT molecular complexity index is 1360. The first-order valence-corrected chi connectivity index (χ1v) is 12.3. The van der Waals surface area contributed by atoms with Gasteiger partial charge in [-0.25, -0.2) is 4.98 Å². The van der Waals surface area contributed by atoms with Crippen molar-refractivity contribution in [3.63, 3.8) is 0 Å². The highest BCUT2D eigenvalue weighted by molar-refractivity contribution is 7.98. The molecule has 0 spiro atoms. The van der Waals surface area contributed by atoms with Gasteiger partial charge in [-0.05, 0) is 42.0 Å². The largest absolute Gasteiger partial charge is 0.508 e. The molecule has 1 atom stereocenters. The van der Waals surface area contributed by atoms with E-state index in [4.69, 9.17) is 4.98 Å². The molecule has 2 aliphatic rings. The standard InChI is InChI=1S/C27H27N3O3S/c1-15-4-6-16(7-5-15)14-34-26-29-24-23(25(33)30-26)21(17-8-10-18(31)11-9-17)22-19(28-24)12-27(2,3)13-20(22)32/h4-11,21,31H,12-14H2,1-3H3,(H2,28,29,30,33). The number of nitrogens with zero attached hydrogens (tertiary/aromatic N) is 1. The molecule has 3 aromatic rings. The average molecular weight is 474 g/mol. The molecule has 34 heavy (non-hydrogen) atoms. The van der Waals surface area contributed by atoms with Gasteiger partial charge in [0.05, 0.1) is 5.56 Å². The number of H-pyrrole nitrogens is 1. The van der Waals surface area contributed by atoms with Gasteiger partial charge in [-0.15, -0.1) is 0 Å². The lowest BCUT2D eigenvalue weighted by Crippen LogP contribution is -2.37. The Kier molecular flexibility index (Phi) is 5.60. The molecule has 0 bridgehead atoms. The number of allylic oxidation sites excluding steroid dienone is 2. The summed E-state index contributed by atoms with van der Waals surface area (Å²) in [5, 5.41) is 13.7. The van der Waals surface area contributed by atoms with Crippen LogP contribution in [0.1, 0.15) is 54.9 Å². The fourth-order valence-corrected chi connectivity index (χ4v) is 5.61. The Labute approximate surface area is 202 Å². The molecule has 0 radical (unpaired) electrons. The van der Waals surface area contributed by atoms with Gasteiger partial charge in [-0.1, -0.05) is 67.6 Å². The zero-order chi connectivity index (χ0) is 24.0. The Morgan fingerprint density at radius 3 is 2.47 bits per heavy atom. The normalized spacial score (nSPS) is 18.8. The number of anilines is 1. The number of phenolic OH excluding ortho intramolecular Hbond substituents is 1.